The van der Waals surface area contributed by atoms with Crippen LogP contribution in [0, 0.1) is 5.92 Å². The summed E-state index contributed by atoms with van der Waals surface area (Å²) in [5.41, 5.74) is 6.43. The van der Waals surface area contributed by atoms with E-state index in [9.17, 15) is 15.3 Å². The highest BCUT2D eigenvalue weighted by molar-refractivity contribution is 5.38. The highest BCUT2D eigenvalue weighted by Crippen LogP contribution is 2.26. The Labute approximate surface area is 102 Å². The van der Waals surface area contributed by atoms with Crippen molar-refractivity contribution in [2.24, 2.45) is 11.7 Å². The van der Waals surface area contributed by atoms with Crippen molar-refractivity contribution in [3.8, 4) is 11.5 Å². The Bertz CT molecular complexity index is 345. The van der Waals surface area contributed by atoms with E-state index < -0.39 is 12.1 Å². The third kappa shape index (κ3) is 4.24. The highest BCUT2D eigenvalue weighted by Gasteiger charge is 2.18. The Balaban J connectivity index is 2.70. The van der Waals surface area contributed by atoms with E-state index in [-0.39, 0.29) is 11.5 Å². The Morgan fingerprint density at radius 2 is 1.59 bits per heavy atom. The Kier molecular flexibility index (Phi) is 4.78. The summed E-state index contributed by atoms with van der Waals surface area (Å²) in [6, 6.07) is 3.56. The zero-order valence-electron chi connectivity index (χ0n) is 10.3. The second-order valence-electron chi connectivity index (χ2n) is 4.85. The Hall–Kier alpha value is -1.26. The molecule has 0 heterocycles. The molecular weight excluding hydrogens is 218 g/mol. The van der Waals surface area contributed by atoms with E-state index in [0.717, 1.165) is 6.42 Å². The fourth-order valence-corrected chi connectivity index (χ4v) is 1.72. The Morgan fingerprint density at radius 3 is 2.06 bits per heavy atom. The fraction of sp³-hybridized carbons (Fsp3) is 0.538. The van der Waals surface area contributed by atoms with Crippen LogP contribution >= 0.6 is 0 Å². The van der Waals surface area contributed by atoms with Gasteiger partial charge in [-0.05, 0) is 36.5 Å². The number of benzene rings is 1. The quantitative estimate of drug-likeness (QED) is 0.632. The molecule has 17 heavy (non-hydrogen) atoms. The van der Waals surface area contributed by atoms with E-state index in [2.05, 4.69) is 13.8 Å². The first-order valence-corrected chi connectivity index (χ1v) is 5.86. The van der Waals surface area contributed by atoms with Crippen LogP contribution in [0.5, 0.6) is 11.5 Å². The van der Waals surface area contributed by atoms with Gasteiger partial charge in [-0.1, -0.05) is 13.8 Å². The maximum atomic E-state index is 9.91. The van der Waals surface area contributed by atoms with Gasteiger partial charge in [-0.2, -0.15) is 0 Å². The lowest BCUT2D eigenvalue weighted by atomic mass is 9.96. The number of hydrogen-bond donors (Lipinski definition) is 4. The van der Waals surface area contributed by atoms with Crippen LogP contribution in [-0.2, 0) is 0 Å². The Morgan fingerprint density at radius 1 is 1.06 bits per heavy atom. The number of phenolic OH excluding ortho intramolecular Hbond substituents is 2. The summed E-state index contributed by atoms with van der Waals surface area (Å²) in [7, 11) is 0. The predicted octanol–water partition coefficient (Wildman–Crippen LogP) is 1.89. The molecule has 96 valence electrons. The van der Waals surface area contributed by atoms with Gasteiger partial charge in [0, 0.05) is 6.07 Å². The van der Waals surface area contributed by atoms with Gasteiger partial charge in [0.2, 0.25) is 0 Å². The zero-order valence-corrected chi connectivity index (χ0v) is 10.3. The zero-order chi connectivity index (χ0) is 13.0. The molecule has 0 aliphatic heterocycles. The molecule has 0 unspecified atom stereocenters. The summed E-state index contributed by atoms with van der Waals surface area (Å²) in [6.07, 6.45) is 0.827. The van der Waals surface area contributed by atoms with Gasteiger partial charge >= 0.3 is 0 Å². The fourth-order valence-electron chi connectivity index (χ4n) is 1.72. The largest absolute Gasteiger partial charge is 0.508 e. The van der Waals surface area contributed by atoms with Crippen molar-refractivity contribution in [2.75, 3.05) is 0 Å². The molecule has 0 aliphatic rings. The van der Waals surface area contributed by atoms with E-state index in [1.165, 1.54) is 18.2 Å². The molecule has 4 nitrogen and oxygen atoms in total. The van der Waals surface area contributed by atoms with Gasteiger partial charge in [0.25, 0.3) is 0 Å². The van der Waals surface area contributed by atoms with Crippen molar-refractivity contribution < 1.29 is 15.3 Å². The van der Waals surface area contributed by atoms with Crippen LogP contribution in [0.1, 0.15) is 38.3 Å². The van der Waals surface area contributed by atoms with E-state index in [1.807, 2.05) is 0 Å². The lowest BCUT2D eigenvalue weighted by molar-refractivity contribution is 0.128. The molecule has 1 rings (SSSR count). The van der Waals surface area contributed by atoms with E-state index >= 15 is 0 Å². The van der Waals surface area contributed by atoms with Gasteiger partial charge in [-0.15, -0.1) is 0 Å². The van der Waals surface area contributed by atoms with Gasteiger partial charge in [-0.3, -0.25) is 0 Å². The average Bonchev–Trinajstić information content (AvgIpc) is 2.23. The second kappa shape index (κ2) is 5.89. The van der Waals surface area contributed by atoms with Crippen LogP contribution in [0.2, 0.25) is 0 Å². The summed E-state index contributed by atoms with van der Waals surface area (Å²) >= 11 is 0. The number of aromatic hydroxyl groups is 2. The van der Waals surface area contributed by atoms with Gasteiger partial charge in [0.15, 0.2) is 0 Å². The summed E-state index contributed by atoms with van der Waals surface area (Å²) in [5.74, 6) is 0.410. The first-order valence-electron chi connectivity index (χ1n) is 5.86. The molecule has 0 aromatic heterocycles. The second-order valence-corrected chi connectivity index (χ2v) is 4.85. The van der Waals surface area contributed by atoms with Gasteiger partial charge in [0.05, 0.1) is 12.1 Å². The summed E-state index contributed by atoms with van der Waals surface area (Å²) in [4.78, 5) is 0. The molecule has 4 heteroatoms. The third-order valence-electron chi connectivity index (χ3n) is 2.76. The monoisotopic (exact) mass is 239 g/mol. The molecule has 2 atom stereocenters. The molecule has 0 spiro atoms. The lowest BCUT2D eigenvalue weighted by Gasteiger charge is -2.20. The minimum atomic E-state index is -0.668. The van der Waals surface area contributed by atoms with Crippen molar-refractivity contribution in [3.05, 3.63) is 23.8 Å². The standard InChI is InChI=1S/C13H21NO3/c1-8(2)3-4-12(17)13(14)9-5-10(15)7-11(16)6-9/h5-8,12-13,15-17H,3-4,14H2,1-2H3/t12-,13+/m0/s1. The molecule has 0 saturated carbocycles. The first kappa shape index (κ1) is 13.8. The smallest absolute Gasteiger partial charge is 0.119 e. The molecule has 0 saturated heterocycles. The number of aliphatic hydroxyl groups is 1. The minimum Gasteiger partial charge on any atom is -0.508 e. The van der Waals surface area contributed by atoms with Crippen LogP contribution in [0.15, 0.2) is 18.2 Å². The van der Waals surface area contributed by atoms with Crippen LogP contribution in [0.3, 0.4) is 0 Å². The normalized spacial score (nSPS) is 14.9. The third-order valence-corrected chi connectivity index (χ3v) is 2.76. The van der Waals surface area contributed by atoms with Crippen LogP contribution in [0.4, 0.5) is 0 Å². The van der Waals surface area contributed by atoms with Crippen molar-refractivity contribution in [1.29, 1.82) is 0 Å². The summed E-state index contributed by atoms with van der Waals surface area (Å²) in [5, 5.41) is 28.6. The van der Waals surface area contributed by atoms with Crippen LogP contribution in [-0.4, -0.2) is 21.4 Å². The topological polar surface area (TPSA) is 86.7 Å². The van der Waals surface area contributed by atoms with E-state index in [1.54, 1.807) is 0 Å². The van der Waals surface area contributed by atoms with Crippen molar-refractivity contribution in [3.63, 3.8) is 0 Å². The average molecular weight is 239 g/mol. The van der Waals surface area contributed by atoms with Crippen molar-refractivity contribution in [2.45, 2.75) is 38.8 Å². The van der Waals surface area contributed by atoms with Gasteiger partial charge < -0.3 is 21.1 Å². The number of hydrogen-bond acceptors (Lipinski definition) is 4. The van der Waals surface area contributed by atoms with Crippen molar-refractivity contribution >= 4 is 0 Å². The van der Waals surface area contributed by atoms with Gasteiger partial charge in [-0.25, -0.2) is 0 Å². The van der Waals surface area contributed by atoms with E-state index in [0.29, 0.717) is 17.9 Å². The lowest BCUT2D eigenvalue weighted by Crippen LogP contribution is -2.26. The maximum Gasteiger partial charge on any atom is 0.119 e. The minimum absolute atomic E-state index is 0.0495. The predicted molar refractivity (Wildman–Crippen MR) is 66.8 cm³/mol. The van der Waals surface area contributed by atoms with Crippen LogP contribution < -0.4 is 5.73 Å². The molecule has 0 bridgehead atoms. The molecule has 1 aromatic carbocycles. The molecule has 1 aromatic rings. The number of rotatable bonds is 5. The number of nitrogens with two attached hydrogens (primary N) is 1. The first-order chi connectivity index (χ1) is 7.90. The molecule has 0 radical (unpaired) electrons. The highest BCUT2D eigenvalue weighted by atomic mass is 16.3. The van der Waals surface area contributed by atoms with Crippen molar-refractivity contribution in [1.82, 2.24) is 0 Å². The molecule has 0 aliphatic carbocycles. The van der Waals surface area contributed by atoms with Gasteiger partial charge in [0.1, 0.15) is 11.5 Å². The molecule has 5 N–H and O–H groups in total. The maximum absolute atomic E-state index is 9.91. The van der Waals surface area contributed by atoms with Crippen LogP contribution in [0.25, 0.3) is 0 Å². The summed E-state index contributed by atoms with van der Waals surface area (Å²) < 4.78 is 0. The van der Waals surface area contributed by atoms with E-state index in [4.69, 9.17) is 5.73 Å². The molecule has 0 fully saturated rings. The number of phenols is 2. The SMILES string of the molecule is CC(C)CC[C@H](O)[C@H](N)c1cc(O)cc(O)c1. The number of aliphatic hydroxyl groups excluding tert-OH is 1. The summed E-state index contributed by atoms with van der Waals surface area (Å²) in [6.45, 7) is 4.16. The molecular formula is C13H21NO3. The molecule has 0 amide bonds.